The van der Waals surface area contributed by atoms with Gasteiger partial charge in [-0.25, -0.2) is 0 Å². The van der Waals surface area contributed by atoms with Gasteiger partial charge in [0.05, 0.1) is 29.2 Å². The van der Waals surface area contributed by atoms with E-state index in [4.69, 9.17) is 17.5 Å². The first-order chi connectivity index (χ1) is 9.58. The summed E-state index contributed by atoms with van der Waals surface area (Å²) < 4.78 is 2.75. The molecule has 3 rings (SSSR count). The number of hydrogen-bond acceptors (Lipinski definition) is 3. The predicted octanol–water partition coefficient (Wildman–Crippen LogP) is 4.30. The Kier molecular flexibility index (Phi) is 3.20. The average Bonchev–Trinajstić information content (AvgIpc) is 2.90. The average molecular weight is 299 g/mol. The lowest BCUT2D eigenvalue weighted by molar-refractivity contribution is 0.823. The molecule has 0 aliphatic carbocycles. The van der Waals surface area contributed by atoms with Crippen molar-refractivity contribution >= 4 is 34.6 Å². The molecule has 0 saturated carbocycles. The van der Waals surface area contributed by atoms with Crippen LogP contribution in [0, 0.1) is 29.9 Å². The van der Waals surface area contributed by atoms with Gasteiger partial charge >= 0.3 is 0 Å². The number of aryl methyl sites for hydroxylation is 2. The van der Waals surface area contributed by atoms with E-state index in [-0.39, 0.29) is 0 Å². The molecule has 0 aliphatic heterocycles. The number of aromatic amines is 1. The molecule has 0 bridgehead atoms. The smallest absolute Gasteiger partial charge is 0.178 e. The van der Waals surface area contributed by atoms with Crippen molar-refractivity contribution in [2.45, 2.75) is 20.4 Å². The standard InChI is InChI=1S/C15H13N3S2/c1-9-5-12(20-10(9)2)8-18-14-6-11(7-16)3-4-13(14)17-15(18)19/h3-6H,8H2,1-2H3,(H,17,19). The van der Waals surface area contributed by atoms with Crippen molar-refractivity contribution in [1.29, 1.82) is 5.26 Å². The second-order valence-corrected chi connectivity index (χ2v) is 6.54. The molecule has 100 valence electrons. The number of hydrogen-bond donors (Lipinski definition) is 1. The zero-order chi connectivity index (χ0) is 14.3. The Balaban J connectivity index is 2.13. The lowest BCUT2D eigenvalue weighted by atomic mass is 10.2. The van der Waals surface area contributed by atoms with Crippen molar-refractivity contribution < 1.29 is 0 Å². The zero-order valence-electron chi connectivity index (χ0n) is 11.2. The van der Waals surface area contributed by atoms with E-state index in [9.17, 15) is 0 Å². The largest absolute Gasteiger partial charge is 0.331 e. The molecule has 20 heavy (non-hydrogen) atoms. The van der Waals surface area contributed by atoms with Gasteiger partial charge in [-0.1, -0.05) is 0 Å². The summed E-state index contributed by atoms with van der Waals surface area (Å²) in [6.45, 7) is 5.00. The third-order valence-electron chi connectivity index (χ3n) is 3.44. The predicted molar refractivity (Wildman–Crippen MR) is 84.7 cm³/mol. The molecule has 0 fully saturated rings. The third-order valence-corrected chi connectivity index (χ3v) is 4.90. The van der Waals surface area contributed by atoms with Gasteiger partial charge in [-0.2, -0.15) is 5.26 Å². The Labute approximate surface area is 126 Å². The van der Waals surface area contributed by atoms with E-state index in [1.165, 1.54) is 15.3 Å². The van der Waals surface area contributed by atoms with Gasteiger partial charge in [-0.05, 0) is 55.9 Å². The maximum atomic E-state index is 9.03. The van der Waals surface area contributed by atoms with Gasteiger partial charge < -0.3 is 9.55 Å². The summed E-state index contributed by atoms with van der Waals surface area (Å²) in [5, 5.41) is 9.03. The fraction of sp³-hybridized carbons (Fsp3) is 0.200. The minimum Gasteiger partial charge on any atom is -0.331 e. The number of nitrogens with one attached hydrogen (secondary N) is 1. The molecule has 2 aromatic heterocycles. The van der Waals surface area contributed by atoms with E-state index in [0.29, 0.717) is 10.3 Å². The van der Waals surface area contributed by atoms with Crippen molar-refractivity contribution in [3.8, 4) is 6.07 Å². The summed E-state index contributed by atoms with van der Waals surface area (Å²) in [7, 11) is 0. The molecular weight excluding hydrogens is 286 g/mol. The van der Waals surface area contributed by atoms with Crippen LogP contribution >= 0.6 is 23.6 Å². The fourth-order valence-corrected chi connectivity index (χ4v) is 3.58. The number of rotatable bonds is 2. The molecule has 0 aliphatic rings. The zero-order valence-corrected chi connectivity index (χ0v) is 12.9. The first-order valence-electron chi connectivity index (χ1n) is 6.27. The van der Waals surface area contributed by atoms with Crippen LogP contribution in [0.15, 0.2) is 24.3 Å². The van der Waals surface area contributed by atoms with E-state index in [1.54, 1.807) is 17.4 Å². The Morgan fingerprint density at radius 1 is 1.35 bits per heavy atom. The normalized spacial score (nSPS) is 10.8. The summed E-state index contributed by atoms with van der Waals surface area (Å²) in [6, 6.07) is 9.97. The number of nitrogens with zero attached hydrogens (tertiary/aromatic N) is 2. The minimum absolute atomic E-state index is 0.652. The number of fused-ring (bicyclic) bond motifs is 1. The van der Waals surface area contributed by atoms with Gasteiger partial charge in [-0.15, -0.1) is 11.3 Å². The topological polar surface area (TPSA) is 44.5 Å². The highest BCUT2D eigenvalue weighted by Crippen LogP contribution is 2.24. The van der Waals surface area contributed by atoms with Crippen molar-refractivity contribution in [1.82, 2.24) is 9.55 Å². The van der Waals surface area contributed by atoms with E-state index >= 15 is 0 Å². The maximum absolute atomic E-state index is 9.03. The summed E-state index contributed by atoms with van der Waals surface area (Å²) in [5.74, 6) is 0. The molecule has 1 N–H and O–H groups in total. The molecule has 0 atom stereocenters. The van der Waals surface area contributed by atoms with Crippen LogP contribution in [0.2, 0.25) is 0 Å². The van der Waals surface area contributed by atoms with Crippen molar-refractivity contribution in [3.05, 3.63) is 49.9 Å². The van der Waals surface area contributed by atoms with Crippen molar-refractivity contribution in [3.63, 3.8) is 0 Å². The summed E-state index contributed by atoms with van der Waals surface area (Å²) >= 11 is 7.19. The van der Waals surface area contributed by atoms with Gasteiger partial charge in [-0.3, -0.25) is 0 Å². The molecule has 3 nitrogen and oxygen atoms in total. The number of H-pyrrole nitrogens is 1. The van der Waals surface area contributed by atoms with Gasteiger partial charge in [0.25, 0.3) is 0 Å². The molecule has 0 saturated heterocycles. The van der Waals surface area contributed by atoms with Crippen LogP contribution in [0.4, 0.5) is 0 Å². The van der Waals surface area contributed by atoms with E-state index in [0.717, 1.165) is 17.6 Å². The molecule has 1 aromatic carbocycles. The molecule has 0 spiro atoms. The lowest BCUT2D eigenvalue weighted by Gasteiger charge is -2.02. The molecule has 0 radical (unpaired) electrons. The van der Waals surface area contributed by atoms with Crippen molar-refractivity contribution in [2.24, 2.45) is 0 Å². The number of benzene rings is 1. The SMILES string of the molecule is Cc1cc(Cn2c(=S)[nH]c3ccc(C#N)cc32)sc1C. The number of nitriles is 1. The van der Waals surface area contributed by atoms with Gasteiger partial charge in [0.1, 0.15) is 0 Å². The lowest BCUT2D eigenvalue weighted by Crippen LogP contribution is -1.97. The molecule has 0 unspecified atom stereocenters. The molecule has 5 heteroatoms. The fourth-order valence-electron chi connectivity index (χ4n) is 2.26. The maximum Gasteiger partial charge on any atom is 0.178 e. The van der Waals surface area contributed by atoms with E-state index < -0.39 is 0 Å². The summed E-state index contributed by atoms with van der Waals surface area (Å²) in [4.78, 5) is 5.81. The Morgan fingerprint density at radius 3 is 2.80 bits per heavy atom. The van der Waals surface area contributed by atoms with Gasteiger partial charge in [0.2, 0.25) is 0 Å². The molecule has 0 amide bonds. The Bertz CT molecular complexity index is 871. The van der Waals surface area contributed by atoms with Crippen LogP contribution < -0.4 is 0 Å². The van der Waals surface area contributed by atoms with Gasteiger partial charge in [0, 0.05) is 9.75 Å². The molecule has 2 heterocycles. The third kappa shape index (κ3) is 2.17. The highest BCUT2D eigenvalue weighted by Gasteiger charge is 2.08. The van der Waals surface area contributed by atoms with Crippen LogP contribution in [0.1, 0.15) is 20.9 Å². The minimum atomic E-state index is 0.652. The second kappa shape index (κ2) is 4.89. The first kappa shape index (κ1) is 13.1. The Morgan fingerprint density at radius 2 is 2.15 bits per heavy atom. The van der Waals surface area contributed by atoms with Crippen LogP contribution in [0.5, 0.6) is 0 Å². The second-order valence-electron chi connectivity index (χ2n) is 4.81. The summed E-state index contributed by atoms with van der Waals surface area (Å²) in [5.41, 5.74) is 3.92. The van der Waals surface area contributed by atoms with Crippen molar-refractivity contribution in [2.75, 3.05) is 0 Å². The summed E-state index contributed by atoms with van der Waals surface area (Å²) in [6.07, 6.45) is 0. The van der Waals surface area contributed by atoms with E-state index in [1.807, 2.05) is 12.1 Å². The highest BCUT2D eigenvalue weighted by molar-refractivity contribution is 7.71. The van der Waals surface area contributed by atoms with Crippen LogP contribution in [0.3, 0.4) is 0 Å². The number of imidazole rings is 1. The number of aromatic nitrogens is 2. The monoisotopic (exact) mass is 299 g/mol. The van der Waals surface area contributed by atoms with Crippen LogP contribution in [-0.4, -0.2) is 9.55 Å². The number of thiophene rings is 1. The molecule has 3 aromatic rings. The quantitative estimate of drug-likeness (QED) is 0.717. The Hall–Kier alpha value is -1.90. The highest BCUT2D eigenvalue weighted by atomic mass is 32.1. The first-order valence-corrected chi connectivity index (χ1v) is 7.49. The van der Waals surface area contributed by atoms with Gasteiger partial charge in [0.15, 0.2) is 4.77 Å². The van der Waals surface area contributed by atoms with Crippen LogP contribution in [-0.2, 0) is 6.54 Å². The molecular formula is C15H13N3S2. The van der Waals surface area contributed by atoms with Crippen LogP contribution in [0.25, 0.3) is 11.0 Å². The van der Waals surface area contributed by atoms with E-state index in [2.05, 4.69) is 35.5 Å².